The van der Waals surface area contributed by atoms with Crippen LogP contribution in [-0.2, 0) is 11.0 Å². The van der Waals surface area contributed by atoms with Gasteiger partial charge in [-0.2, -0.15) is 0 Å². The molecule has 74 valence electrons. The Bertz CT molecular complexity index is 379. The highest BCUT2D eigenvalue weighted by molar-refractivity contribution is 5.46. The van der Waals surface area contributed by atoms with E-state index in [0.717, 1.165) is 12.0 Å². The summed E-state index contributed by atoms with van der Waals surface area (Å²) in [5.41, 5.74) is 1.46. The number of fused-ring (bicyclic) bond motifs is 1. The third-order valence-electron chi connectivity index (χ3n) is 3.28. The molecule has 0 aromatic heterocycles. The minimum absolute atomic E-state index is 0.0832. The first-order valence-corrected chi connectivity index (χ1v) is 4.95. The molecule has 0 radical (unpaired) electrons. The summed E-state index contributed by atoms with van der Waals surface area (Å²) in [5, 5.41) is 10.3. The van der Waals surface area contributed by atoms with Crippen LogP contribution in [0.3, 0.4) is 0 Å². The molecule has 14 heavy (non-hydrogen) atoms. The van der Waals surface area contributed by atoms with Crippen molar-refractivity contribution in [1.82, 2.24) is 0 Å². The molecule has 0 aliphatic heterocycles. The fourth-order valence-electron chi connectivity index (χ4n) is 2.54. The van der Waals surface area contributed by atoms with Gasteiger partial charge in [0.25, 0.3) is 0 Å². The largest absolute Gasteiger partial charge is 0.385 e. The van der Waals surface area contributed by atoms with Gasteiger partial charge in [-0.15, -0.1) is 6.58 Å². The van der Waals surface area contributed by atoms with Crippen molar-refractivity contribution in [1.29, 1.82) is 0 Å². The first-order valence-electron chi connectivity index (χ1n) is 4.95. The van der Waals surface area contributed by atoms with E-state index >= 15 is 0 Å². The zero-order chi connectivity index (χ0) is 10.4. The quantitative estimate of drug-likeness (QED) is 0.672. The predicted molar refractivity (Wildman–Crippen MR) is 58.2 cm³/mol. The zero-order valence-corrected chi connectivity index (χ0v) is 8.75. The molecule has 2 atom stereocenters. The second-order valence-corrected chi connectivity index (χ2v) is 4.62. The second-order valence-electron chi connectivity index (χ2n) is 4.62. The van der Waals surface area contributed by atoms with E-state index in [2.05, 4.69) is 19.6 Å². The Kier molecular flexibility index (Phi) is 1.83. The first kappa shape index (κ1) is 9.47. The maximum atomic E-state index is 10.3. The van der Waals surface area contributed by atoms with Crippen LogP contribution in [-0.4, -0.2) is 5.11 Å². The molecule has 1 aromatic rings. The lowest BCUT2D eigenvalue weighted by atomic mass is 9.83. The third kappa shape index (κ3) is 1.12. The Hall–Kier alpha value is -1.08. The summed E-state index contributed by atoms with van der Waals surface area (Å²) < 4.78 is 0. The molecule has 1 heteroatoms. The van der Waals surface area contributed by atoms with Gasteiger partial charge in [-0.25, -0.2) is 0 Å². The Balaban J connectivity index is 2.66. The van der Waals surface area contributed by atoms with Crippen LogP contribution in [0.5, 0.6) is 0 Å². The molecule has 2 rings (SSSR count). The molecule has 0 heterocycles. The SMILES string of the molecule is C=C[C@@]1(C)C[C@@](C)(O)c2ccccc21. The van der Waals surface area contributed by atoms with Crippen molar-refractivity contribution in [2.75, 3.05) is 0 Å². The Morgan fingerprint density at radius 1 is 1.29 bits per heavy atom. The van der Waals surface area contributed by atoms with Crippen molar-refractivity contribution < 1.29 is 5.11 Å². The third-order valence-corrected chi connectivity index (χ3v) is 3.28. The van der Waals surface area contributed by atoms with Crippen LogP contribution in [0.2, 0.25) is 0 Å². The van der Waals surface area contributed by atoms with Crippen LogP contribution in [0.25, 0.3) is 0 Å². The van der Waals surface area contributed by atoms with Gasteiger partial charge in [-0.1, -0.05) is 37.3 Å². The molecule has 0 amide bonds. The van der Waals surface area contributed by atoms with Crippen molar-refractivity contribution in [3.8, 4) is 0 Å². The van der Waals surface area contributed by atoms with Gasteiger partial charge < -0.3 is 5.11 Å². The summed E-state index contributed by atoms with van der Waals surface area (Å²) in [6, 6.07) is 8.08. The predicted octanol–water partition coefficient (Wildman–Crippen LogP) is 2.74. The van der Waals surface area contributed by atoms with E-state index in [-0.39, 0.29) is 5.41 Å². The van der Waals surface area contributed by atoms with Crippen LogP contribution in [0.1, 0.15) is 31.4 Å². The molecule has 1 nitrogen and oxygen atoms in total. The lowest BCUT2D eigenvalue weighted by Gasteiger charge is -2.22. The molecular weight excluding hydrogens is 172 g/mol. The first-order chi connectivity index (χ1) is 6.49. The molecule has 0 spiro atoms. The monoisotopic (exact) mass is 188 g/mol. The van der Waals surface area contributed by atoms with E-state index < -0.39 is 5.60 Å². The molecular formula is C13H16O. The molecule has 1 N–H and O–H groups in total. The number of hydrogen-bond acceptors (Lipinski definition) is 1. The van der Waals surface area contributed by atoms with E-state index in [1.165, 1.54) is 5.56 Å². The highest BCUT2D eigenvalue weighted by Crippen LogP contribution is 2.48. The highest BCUT2D eigenvalue weighted by atomic mass is 16.3. The van der Waals surface area contributed by atoms with Gasteiger partial charge in [-0.05, 0) is 24.5 Å². The average Bonchev–Trinajstić information content (AvgIpc) is 2.37. The molecule has 1 aliphatic carbocycles. The number of hydrogen-bond donors (Lipinski definition) is 1. The standard InChI is InChI=1S/C13H16O/c1-4-12(2)9-13(3,14)11-8-6-5-7-10(11)12/h4-8,14H,1,9H2,2-3H3/t12-,13+/m0/s1. The summed E-state index contributed by atoms with van der Waals surface area (Å²) >= 11 is 0. The molecule has 1 aliphatic rings. The summed E-state index contributed by atoms with van der Waals surface area (Å²) in [6.07, 6.45) is 2.66. The van der Waals surface area contributed by atoms with Gasteiger partial charge in [0.05, 0.1) is 5.60 Å². The maximum Gasteiger partial charge on any atom is 0.0882 e. The fraction of sp³-hybridized carbons (Fsp3) is 0.385. The van der Waals surface area contributed by atoms with Crippen molar-refractivity contribution in [3.05, 3.63) is 48.0 Å². The maximum absolute atomic E-state index is 10.3. The van der Waals surface area contributed by atoms with Crippen molar-refractivity contribution in [2.24, 2.45) is 0 Å². The van der Waals surface area contributed by atoms with Gasteiger partial charge in [0.2, 0.25) is 0 Å². The van der Waals surface area contributed by atoms with E-state index in [4.69, 9.17) is 0 Å². The number of benzene rings is 1. The minimum Gasteiger partial charge on any atom is -0.385 e. The summed E-state index contributed by atoms with van der Waals surface area (Å²) in [7, 11) is 0. The van der Waals surface area contributed by atoms with Crippen molar-refractivity contribution >= 4 is 0 Å². The molecule has 0 unspecified atom stereocenters. The fourth-order valence-corrected chi connectivity index (χ4v) is 2.54. The molecule has 1 aromatic carbocycles. The lowest BCUT2D eigenvalue weighted by molar-refractivity contribution is 0.0487. The normalized spacial score (nSPS) is 35.4. The van der Waals surface area contributed by atoms with E-state index in [1.807, 2.05) is 31.2 Å². The van der Waals surface area contributed by atoms with Crippen LogP contribution < -0.4 is 0 Å². The van der Waals surface area contributed by atoms with Crippen LogP contribution >= 0.6 is 0 Å². The zero-order valence-electron chi connectivity index (χ0n) is 8.75. The van der Waals surface area contributed by atoms with Gasteiger partial charge in [0.15, 0.2) is 0 Å². The summed E-state index contributed by atoms with van der Waals surface area (Å²) in [4.78, 5) is 0. The van der Waals surface area contributed by atoms with Gasteiger partial charge in [-0.3, -0.25) is 0 Å². The topological polar surface area (TPSA) is 20.2 Å². The van der Waals surface area contributed by atoms with E-state index in [9.17, 15) is 5.11 Å². The summed E-state index contributed by atoms with van der Waals surface area (Å²) in [5.74, 6) is 0. The minimum atomic E-state index is -0.709. The molecule has 0 saturated carbocycles. The Morgan fingerprint density at radius 3 is 2.43 bits per heavy atom. The molecule has 0 fully saturated rings. The van der Waals surface area contributed by atoms with E-state index in [0.29, 0.717) is 0 Å². The number of allylic oxidation sites excluding steroid dienone is 1. The van der Waals surface area contributed by atoms with Gasteiger partial charge in [0.1, 0.15) is 0 Å². The number of aliphatic hydroxyl groups is 1. The van der Waals surface area contributed by atoms with Crippen LogP contribution in [0.4, 0.5) is 0 Å². The Labute approximate surface area is 85.1 Å². The van der Waals surface area contributed by atoms with Crippen LogP contribution in [0, 0.1) is 0 Å². The van der Waals surface area contributed by atoms with Crippen LogP contribution in [0.15, 0.2) is 36.9 Å². The van der Waals surface area contributed by atoms with Gasteiger partial charge in [0, 0.05) is 5.41 Å². The van der Waals surface area contributed by atoms with Crippen molar-refractivity contribution in [2.45, 2.75) is 31.3 Å². The smallest absolute Gasteiger partial charge is 0.0882 e. The molecule has 0 bridgehead atoms. The summed E-state index contributed by atoms with van der Waals surface area (Å²) in [6.45, 7) is 7.87. The van der Waals surface area contributed by atoms with Crippen molar-refractivity contribution in [3.63, 3.8) is 0 Å². The second kappa shape index (κ2) is 2.71. The Morgan fingerprint density at radius 2 is 1.86 bits per heavy atom. The average molecular weight is 188 g/mol. The van der Waals surface area contributed by atoms with Gasteiger partial charge >= 0.3 is 0 Å². The highest BCUT2D eigenvalue weighted by Gasteiger charge is 2.44. The lowest BCUT2D eigenvalue weighted by Crippen LogP contribution is -2.21. The molecule has 0 saturated heterocycles. The number of rotatable bonds is 1. The van der Waals surface area contributed by atoms with E-state index in [1.54, 1.807) is 0 Å².